The normalized spacial score (nSPS) is 17.5. The number of H-pyrrole nitrogens is 1. The standard InChI is InChI=1S/C22H26FN5O4/c1-32-20(30)18-16(23)3-2-4-17(18)28-9-5-14(6-10-28)11-24-21(31)22(7-8-22)27-19(29)15-12-25-26-13-15/h2-4,12-14H,5-11H2,1H3,(H,24,31)(H,25,26)(H,27,29). The maximum absolute atomic E-state index is 14.2. The van der Waals surface area contributed by atoms with Gasteiger partial charge in [0.15, 0.2) is 0 Å². The summed E-state index contributed by atoms with van der Waals surface area (Å²) in [6, 6.07) is 4.55. The molecule has 1 aliphatic heterocycles. The number of hydrogen-bond donors (Lipinski definition) is 3. The van der Waals surface area contributed by atoms with Gasteiger partial charge in [-0.1, -0.05) is 6.07 Å². The molecule has 2 heterocycles. The van der Waals surface area contributed by atoms with Crippen molar-refractivity contribution in [3.8, 4) is 0 Å². The van der Waals surface area contributed by atoms with Crippen LogP contribution >= 0.6 is 0 Å². The summed E-state index contributed by atoms with van der Waals surface area (Å²) in [6.07, 6.45) is 5.69. The van der Waals surface area contributed by atoms with Gasteiger partial charge in [-0.25, -0.2) is 9.18 Å². The average molecular weight is 443 g/mol. The summed E-state index contributed by atoms with van der Waals surface area (Å²) in [5.41, 5.74) is 0.0237. The number of methoxy groups -OCH3 is 1. The number of piperidine rings is 1. The Balaban J connectivity index is 1.29. The van der Waals surface area contributed by atoms with Crippen LogP contribution in [-0.4, -0.2) is 60.3 Å². The summed E-state index contributed by atoms with van der Waals surface area (Å²) in [7, 11) is 1.23. The van der Waals surface area contributed by atoms with Crippen molar-refractivity contribution in [2.24, 2.45) is 5.92 Å². The molecule has 0 bridgehead atoms. The van der Waals surface area contributed by atoms with E-state index in [0.29, 0.717) is 43.7 Å². The second-order valence-corrected chi connectivity index (χ2v) is 8.29. The van der Waals surface area contributed by atoms with Crippen molar-refractivity contribution in [1.82, 2.24) is 20.8 Å². The molecule has 0 radical (unpaired) electrons. The number of carbonyl (C=O) groups is 3. The number of halogens is 1. The van der Waals surface area contributed by atoms with Gasteiger partial charge in [-0.3, -0.25) is 14.7 Å². The Morgan fingerprint density at radius 1 is 1.28 bits per heavy atom. The lowest BCUT2D eigenvalue weighted by atomic mass is 9.95. The van der Waals surface area contributed by atoms with Gasteiger partial charge in [0.05, 0.1) is 24.6 Å². The van der Waals surface area contributed by atoms with Gasteiger partial charge in [-0.05, 0) is 43.7 Å². The van der Waals surface area contributed by atoms with Crippen LogP contribution in [0.5, 0.6) is 0 Å². The minimum atomic E-state index is -0.841. The van der Waals surface area contributed by atoms with E-state index in [-0.39, 0.29) is 23.3 Å². The van der Waals surface area contributed by atoms with Crippen molar-refractivity contribution in [1.29, 1.82) is 0 Å². The lowest BCUT2D eigenvalue weighted by Gasteiger charge is -2.34. The number of ether oxygens (including phenoxy) is 1. The first-order valence-corrected chi connectivity index (χ1v) is 10.6. The molecular weight excluding hydrogens is 417 g/mol. The van der Waals surface area contributed by atoms with E-state index in [0.717, 1.165) is 12.8 Å². The number of aromatic nitrogens is 2. The van der Waals surface area contributed by atoms with E-state index >= 15 is 0 Å². The van der Waals surface area contributed by atoms with E-state index in [4.69, 9.17) is 4.74 Å². The molecule has 1 aromatic carbocycles. The van der Waals surface area contributed by atoms with Crippen LogP contribution in [0.1, 0.15) is 46.4 Å². The van der Waals surface area contributed by atoms with Crippen LogP contribution in [0.3, 0.4) is 0 Å². The molecule has 32 heavy (non-hydrogen) atoms. The summed E-state index contributed by atoms with van der Waals surface area (Å²) in [6.45, 7) is 1.77. The third kappa shape index (κ3) is 4.44. The van der Waals surface area contributed by atoms with Crippen LogP contribution < -0.4 is 15.5 Å². The second kappa shape index (κ2) is 8.97. The van der Waals surface area contributed by atoms with Crippen molar-refractivity contribution in [2.45, 2.75) is 31.2 Å². The molecule has 2 aliphatic rings. The molecule has 4 rings (SSSR count). The van der Waals surface area contributed by atoms with E-state index in [1.165, 1.54) is 25.6 Å². The molecular formula is C22H26FN5O4. The van der Waals surface area contributed by atoms with E-state index in [1.54, 1.807) is 12.1 Å². The van der Waals surface area contributed by atoms with Crippen LogP contribution in [-0.2, 0) is 9.53 Å². The van der Waals surface area contributed by atoms with E-state index < -0.39 is 17.3 Å². The SMILES string of the molecule is COC(=O)c1c(F)cccc1N1CCC(CNC(=O)C2(NC(=O)c3cn[nH]c3)CC2)CC1. The van der Waals surface area contributed by atoms with Gasteiger partial charge < -0.3 is 20.3 Å². The highest BCUT2D eigenvalue weighted by atomic mass is 19.1. The number of hydrogen-bond acceptors (Lipinski definition) is 6. The molecule has 2 fully saturated rings. The Morgan fingerprint density at radius 2 is 2.03 bits per heavy atom. The number of aromatic amines is 1. The summed E-state index contributed by atoms with van der Waals surface area (Å²) in [4.78, 5) is 38.9. The number of anilines is 1. The number of nitrogens with zero attached hydrogens (tertiary/aromatic N) is 2. The molecule has 2 amide bonds. The Labute approximate surface area is 184 Å². The molecule has 170 valence electrons. The summed E-state index contributed by atoms with van der Waals surface area (Å²) in [5.74, 6) is -1.53. The van der Waals surface area contributed by atoms with Crippen molar-refractivity contribution < 1.29 is 23.5 Å². The van der Waals surface area contributed by atoms with Gasteiger partial charge in [0.1, 0.15) is 16.9 Å². The molecule has 1 aromatic heterocycles. The maximum atomic E-state index is 14.2. The third-order valence-corrected chi connectivity index (χ3v) is 6.19. The van der Waals surface area contributed by atoms with Crippen molar-refractivity contribution in [3.05, 3.63) is 47.5 Å². The maximum Gasteiger partial charge on any atom is 0.342 e. The van der Waals surface area contributed by atoms with Crippen molar-refractivity contribution in [2.75, 3.05) is 31.6 Å². The summed E-state index contributed by atoms with van der Waals surface area (Å²) < 4.78 is 19.0. The second-order valence-electron chi connectivity index (χ2n) is 8.29. The van der Waals surface area contributed by atoms with Crippen LogP contribution in [0.2, 0.25) is 0 Å². The van der Waals surface area contributed by atoms with E-state index in [2.05, 4.69) is 20.8 Å². The summed E-state index contributed by atoms with van der Waals surface area (Å²) >= 11 is 0. The van der Waals surface area contributed by atoms with Gasteiger partial charge in [-0.2, -0.15) is 5.10 Å². The molecule has 3 N–H and O–H groups in total. The highest BCUT2D eigenvalue weighted by molar-refractivity contribution is 6.00. The molecule has 0 spiro atoms. The summed E-state index contributed by atoms with van der Waals surface area (Å²) in [5, 5.41) is 12.1. The zero-order valence-electron chi connectivity index (χ0n) is 17.8. The Morgan fingerprint density at radius 3 is 2.66 bits per heavy atom. The predicted molar refractivity (Wildman–Crippen MR) is 114 cm³/mol. The Kier molecular flexibility index (Phi) is 6.11. The minimum Gasteiger partial charge on any atom is -0.465 e. The molecule has 1 aliphatic carbocycles. The van der Waals surface area contributed by atoms with E-state index in [1.807, 2.05) is 4.90 Å². The average Bonchev–Trinajstić information content (AvgIpc) is 3.37. The van der Waals surface area contributed by atoms with Gasteiger partial charge in [0.2, 0.25) is 5.91 Å². The first-order chi connectivity index (χ1) is 15.4. The third-order valence-electron chi connectivity index (χ3n) is 6.19. The van der Waals surface area contributed by atoms with Crippen LogP contribution in [0.25, 0.3) is 0 Å². The zero-order chi connectivity index (χ0) is 22.7. The molecule has 2 aromatic rings. The predicted octanol–water partition coefficient (Wildman–Crippen LogP) is 1.63. The number of amides is 2. The number of esters is 1. The van der Waals surface area contributed by atoms with Crippen LogP contribution in [0, 0.1) is 11.7 Å². The molecule has 1 saturated heterocycles. The van der Waals surface area contributed by atoms with Gasteiger partial charge in [-0.15, -0.1) is 0 Å². The van der Waals surface area contributed by atoms with Gasteiger partial charge in [0.25, 0.3) is 5.91 Å². The Hall–Kier alpha value is -3.43. The first kappa shape index (κ1) is 21.8. The molecule has 0 atom stereocenters. The largest absolute Gasteiger partial charge is 0.465 e. The topological polar surface area (TPSA) is 116 Å². The lowest BCUT2D eigenvalue weighted by Crippen LogP contribution is -2.50. The monoisotopic (exact) mass is 443 g/mol. The zero-order valence-corrected chi connectivity index (χ0v) is 17.8. The lowest BCUT2D eigenvalue weighted by molar-refractivity contribution is -0.124. The fraction of sp³-hybridized carbons (Fsp3) is 0.455. The smallest absolute Gasteiger partial charge is 0.342 e. The fourth-order valence-corrected chi connectivity index (χ4v) is 4.06. The highest BCUT2D eigenvalue weighted by Crippen LogP contribution is 2.36. The number of carbonyl (C=O) groups excluding carboxylic acids is 3. The van der Waals surface area contributed by atoms with Gasteiger partial charge in [0, 0.05) is 25.8 Å². The van der Waals surface area contributed by atoms with Crippen LogP contribution in [0.4, 0.5) is 10.1 Å². The highest BCUT2D eigenvalue weighted by Gasteiger charge is 2.51. The molecule has 10 heteroatoms. The molecule has 9 nitrogen and oxygen atoms in total. The number of nitrogens with one attached hydrogen (secondary N) is 3. The fourth-order valence-electron chi connectivity index (χ4n) is 4.06. The minimum absolute atomic E-state index is 0.0502. The molecule has 1 saturated carbocycles. The van der Waals surface area contributed by atoms with Crippen molar-refractivity contribution in [3.63, 3.8) is 0 Å². The van der Waals surface area contributed by atoms with E-state index in [9.17, 15) is 18.8 Å². The Bertz CT molecular complexity index is 998. The first-order valence-electron chi connectivity index (χ1n) is 10.6. The number of rotatable bonds is 7. The number of benzene rings is 1. The van der Waals surface area contributed by atoms with Crippen molar-refractivity contribution >= 4 is 23.5 Å². The quantitative estimate of drug-likeness (QED) is 0.560. The van der Waals surface area contributed by atoms with Gasteiger partial charge >= 0.3 is 5.97 Å². The molecule has 0 unspecified atom stereocenters. The van der Waals surface area contributed by atoms with Crippen LogP contribution in [0.15, 0.2) is 30.6 Å².